The highest BCUT2D eigenvalue weighted by Gasteiger charge is 2.25. The molecular weight excluding hydrogens is 198 g/mol. The van der Waals surface area contributed by atoms with Crippen LogP contribution in [0.4, 0.5) is 0 Å². The molecule has 0 amide bonds. The minimum atomic E-state index is 0.396. The van der Waals surface area contributed by atoms with Gasteiger partial charge in [-0.1, -0.05) is 25.7 Å². The number of hydrogen-bond acceptors (Lipinski definition) is 2. The number of hydrogen-bond donors (Lipinski definition) is 1. The second-order valence-electron chi connectivity index (χ2n) is 5.70. The molecule has 2 nitrogen and oxygen atoms in total. The lowest BCUT2D eigenvalue weighted by atomic mass is 9.83. The van der Waals surface area contributed by atoms with E-state index in [2.05, 4.69) is 12.2 Å². The monoisotopic (exact) mass is 223 g/mol. The zero-order valence-corrected chi connectivity index (χ0v) is 10.5. The van der Waals surface area contributed by atoms with Gasteiger partial charge >= 0.3 is 0 Å². The highest BCUT2D eigenvalue weighted by atomic mass is 16.1. The third-order valence-electron chi connectivity index (χ3n) is 4.22. The van der Waals surface area contributed by atoms with Gasteiger partial charge in [0.1, 0.15) is 5.78 Å². The summed E-state index contributed by atoms with van der Waals surface area (Å²) in [5.74, 6) is 0.930. The molecule has 2 aliphatic rings. The molecule has 2 rings (SSSR count). The van der Waals surface area contributed by atoms with Gasteiger partial charge in [0, 0.05) is 24.4 Å². The van der Waals surface area contributed by atoms with Gasteiger partial charge in [0.05, 0.1) is 0 Å². The largest absolute Gasteiger partial charge is 0.311 e. The maximum absolute atomic E-state index is 12.1. The highest BCUT2D eigenvalue weighted by Crippen LogP contribution is 2.26. The first-order valence-electron chi connectivity index (χ1n) is 7.04. The Morgan fingerprint density at radius 1 is 1.06 bits per heavy atom. The van der Waals surface area contributed by atoms with E-state index in [4.69, 9.17) is 0 Å². The first-order chi connectivity index (χ1) is 7.75. The van der Waals surface area contributed by atoms with Crippen molar-refractivity contribution >= 4 is 5.78 Å². The van der Waals surface area contributed by atoms with Gasteiger partial charge in [-0.2, -0.15) is 0 Å². The van der Waals surface area contributed by atoms with E-state index < -0.39 is 0 Å². The van der Waals surface area contributed by atoms with E-state index in [0.29, 0.717) is 23.8 Å². The van der Waals surface area contributed by atoms with Crippen LogP contribution >= 0.6 is 0 Å². The van der Waals surface area contributed by atoms with Crippen LogP contribution in [-0.4, -0.2) is 17.9 Å². The van der Waals surface area contributed by atoms with Crippen LogP contribution in [0.3, 0.4) is 0 Å². The third kappa shape index (κ3) is 3.31. The summed E-state index contributed by atoms with van der Waals surface area (Å²) >= 11 is 0. The van der Waals surface area contributed by atoms with E-state index >= 15 is 0 Å². The van der Waals surface area contributed by atoms with Gasteiger partial charge in [-0.25, -0.2) is 0 Å². The summed E-state index contributed by atoms with van der Waals surface area (Å²) in [7, 11) is 0. The van der Waals surface area contributed by atoms with Crippen molar-refractivity contribution in [3.63, 3.8) is 0 Å². The molecule has 1 saturated heterocycles. The Kier molecular flexibility index (Phi) is 4.39. The molecular formula is C14H25NO. The van der Waals surface area contributed by atoms with Gasteiger partial charge < -0.3 is 5.32 Å². The van der Waals surface area contributed by atoms with E-state index in [9.17, 15) is 4.79 Å². The van der Waals surface area contributed by atoms with Crippen molar-refractivity contribution in [2.45, 2.75) is 76.8 Å². The molecule has 1 heterocycles. The third-order valence-corrected chi connectivity index (χ3v) is 4.22. The standard InChI is InChI=1S/C14H25NO/c1-11-6-5-9-13(15-11)10-14(16)12-7-3-2-4-8-12/h11-13,15H,2-10H2,1H3. The highest BCUT2D eigenvalue weighted by molar-refractivity contribution is 5.81. The Morgan fingerprint density at radius 3 is 2.50 bits per heavy atom. The SMILES string of the molecule is CC1CCCC(CC(=O)C2CCCCC2)N1. The number of rotatable bonds is 3. The minimum Gasteiger partial charge on any atom is -0.311 e. The van der Waals surface area contributed by atoms with Crippen LogP contribution in [0.1, 0.15) is 64.7 Å². The summed E-state index contributed by atoms with van der Waals surface area (Å²) < 4.78 is 0. The fraction of sp³-hybridized carbons (Fsp3) is 0.929. The quantitative estimate of drug-likeness (QED) is 0.796. The van der Waals surface area contributed by atoms with Gasteiger partial charge in [-0.05, 0) is 32.6 Å². The molecule has 0 aromatic carbocycles. The molecule has 92 valence electrons. The molecule has 0 aromatic rings. The minimum absolute atomic E-state index is 0.396. The van der Waals surface area contributed by atoms with Crippen LogP contribution < -0.4 is 5.32 Å². The van der Waals surface area contributed by atoms with Crippen molar-refractivity contribution in [1.82, 2.24) is 5.32 Å². The van der Waals surface area contributed by atoms with Crippen LogP contribution in [0.15, 0.2) is 0 Å². The van der Waals surface area contributed by atoms with Crippen molar-refractivity contribution in [3.05, 3.63) is 0 Å². The lowest BCUT2D eigenvalue weighted by Crippen LogP contribution is -2.42. The van der Waals surface area contributed by atoms with Crippen molar-refractivity contribution in [2.24, 2.45) is 5.92 Å². The second-order valence-corrected chi connectivity index (χ2v) is 5.70. The smallest absolute Gasteiger partial charge is 0.137 e. The average Bonchev–Trinajstić information content (AvgIpc) is 2.30. The number of Topliss-reactive ketones (excluding diaryl/α,β-unsaturated/α-hetero) is 1. The summed E-state index contributed by atoms with van der Waals surface area (Å²) in [6.45, 7) is 2.23. The van der Waals surface area contributed by atoms with Crippen molar-refractivity contribution in [2.75, 3.05) is 0 Å². The van der Waals surface area contributed by atoms with E-state index in [0.717, 1.165) is 19.3 Å². The predicted octanol–water partition coefficient (Wildman–Crippen LogP) is 3.06. The fourth-order valence-corrected chi connectivity index (χ4v) is 3.23. The molecule has 1 N–H and O–H groups in total. The fourth-order valence-electron chi connectivity index (χ4n) is 3.23. The Hall–Kier alpha value is -0.370. The van der Waals surface area contributed by atoms with E-state index in [1.165, 1.54) is 38.5 Å². The zero-order valence-electron chi connectivity index (χ0n) is 10.5. The van der Waals surface area contributed by atoms with Crippen LogP contribution in [0.2, 0.25) is 0 Å². The Morgan fingerprint density at radius 2 is 1.81 bits per heavy atom. The number of ketones is 1. The zero-order chi connectivity index (χ0) is 11.4. The Balaban J connectivity index is 1.77. The molecule has 0 radical (unpaired) electrons. The van der Waals surface area contributed by atoms with Crippen LogP contribution in [0, 0.1) is 5.92 Å². The Labute approximate surface area is 99.2 Å². The van der Waals surface area contributed by atoms with Crippen molar-refractivity contribution in [3.8, 4) is 0 Å². The van der Waals surface area contributed by atoms with E-state index in [1.54, 1.807) is 0 Å². The lowest BCUT2D eigenvalue weighted by molar-refractivity contribution is -0.124. The summed E-state index contributed by atoms with van der Waals surface area (Å²) in [6, 6.07) is 1.08. The number of nitrogens with one attached hydrogen (secondary N) is 1. The molecule has 1 aliphatic carbocycles. The van der Waals surface area contributed by atoms with Gasteiger partial charge in [0.2, 0.25) is 0 Å². The van der Waals surface area contributed by atoms with E-state index in [1.807, 2.05) is 0 Å². The first kappa shape index (κ1) is 12.1. The summed E-state index contributed by atoms with van der Waals surface area (Å²) in [6.07, 6.45) is 10.7. The van der Waals surface area contributed by atoms with Crippen LogP contribution in [-0.2, 0) is 4.79 Å². The molecule has 2 atom stereocenters. The van der Waals surface area contributed by atoms with Crippen molar-refractivity contribution in [1.29, 1.82) is 0 Å². The molecule has 16 heavy (non-hydrogen) atoms. The number of carbonyl (C=O) groups excluding carboxylic acids is 1. The van der Waals surface area contributed by atoms with Gasteiger partial charge in [-0.3, -0.25) is 4.79 Å². The van der Waals surface area contributed by atoms with Gasteiger partial charge in [0.15, 0.2) is 0 Å². The second kappa shape index (κ2) is 5.81. The summed E-state index contributed by atoms with van der Waals surface area (Å²) in [4.78, 5) is 12.1. The molecule has 0 spiro atoms. The maximum atomic E-state index is 12.1. The van der Waals surface area contributed by atoms with Gasteiger partial charge in [0.25, 0.3) is 0 Å². The molecule has 1 saturated carbocycles. The van der Waals surface area contributed by atoms with Crippen molar-refractivity contribution < 1.29 is 4.79 Å². The van der Waals surface area contributed by atoms with Gasteiger partial charge in [-0.15, -0.1) is 0 Å². The molecule has 2 heteroatoms. The van der Waals surface area contributed by atoms with Crippen LogP contribution in [0.5, 0.6) is 0 Å². The van der Waals surface area contributed by atoms with E-state index in [-0.39, 0.29) is 0 Å². The lowest BCUT2D eigenvalue weighted by Gasteiger charge is -2.30. The Bertz CT molecular complexity index is 233. The predicted molar refractivity (Wildman–Crippen MR) is 66.4 cm³/mol. The number of piperidine rings is 1. The topological polar surface area (TPSA) is 29.1 Å². The molecule has 0 bridgehead atoms. The summed E-state index contributed by atoms with van der Waals surface area (Å²) in [5.41, 5.74) is 0. The molecule has 1 aliphatic heterocycles. The average molecular weight is 223 g/mol. The molecule has 2 unspecified atom stereocenters. The molecule has 2 fully saturated rings. The van der Waals surface area contributed by atoms with Crippen LogP contribution in [0.25, 0.3) is 0 Å². The number of carbonyl (C=O) groups is 1. The normalized spacial score (nSPS) is 32.6. The molecule has 0 aromatic heterocycles. The first-order valence-corrected chi connectivity index (χ1v) is 7.04. The maximum Gasteiger partial charge on any atom is 0.137 e. The summed E-state index contributed by atoms with van der Waals surface area (Å²) in [5, 5.41) is 3.57.